The first-order valence-corrected chi connectivity index (χ1v) is 5.41. The number of aliphatic hydroxyl groups excluding tert-OH is 1. The van der Waals surface area contributed by atoms with Gasteiger partial charge in [-0.25, -0.2) is 0 Å². The van der Waals surface area contributed by atoms with Crippen LogP contribution in [0.15, 0.2) is 5.16 Å². The van der Waals surface area contributed by atoms with Gasteiger partial charge in [-0.05, 0) is 20.3 Å². The molecule has 1 rings (SSSR count). The van der Waals surface area contributed by atoms with E-state index in [2.05, 4.69) is 21.7 Å². The summed E-state index contributed by atoms with van der Waals surface area (Å²) in [6.45, 7) is 5.17. The molecule has 0 aliphatic heterocycles. The maximum Gasteiger partial charge on any atom is 0.191 e. The third kappa shape index (κ3) is 2.70. The van der Waals surface area contributed by atoms with Crippen molar-refractivity contribution < 1.29 is 5.11 Å². The Morgan fingerprint density at radius 1 is 1.46 bits per heavy atom. The molecule has 1 N–H and O–H groups in total. The van der Waals surface area contributed by atoms with Gasteiger partial charge in [0.15, 0.2) is 5.16 Å². The highest BCUT2D eigenvalue weighted by molar-refractivity contribution is 7.99. The van der Waals surface area contributed by atoms with Crippen LogP contribution in [-0.4, -0.2) is 32.2 Å². The maximum atomic E-state index is 8.62. The summed E-state index contributed by atoms with van der Waals surface area (Å²) in [5.74, 6) is 1.85. The molecule has 0 aliphatic carbocycles. The molecule has 0 aliphatic rings. The average molecular weight is 201 g/mol. The van der Waals surface area contributed by atoms with Gasteiger partial charge < -0.3 is 9.67 Å². The van der Waals surface area contributed by atoms with Gasteiger partial charge in [0.25, 0.3) is 0 Å². The maximum absolute atomic E-state index is 8.62. The van der Waals surface area contributed by atoms with Crippen LogP contribution < -0.4 is 0 Å². The van der Waals surface area contributed by atoms with Crippen molar-refractivity contribution >= 4 is 11.8 Å². The molecule has 0 radical (unpaired) electrons. The number of nitrogens with zero attached hydrogens (tertiary/aromatic N) is 3. The molecule has 0 atom stereocenters. The average Bonchev–Trinajstić information content (AvgIpc) is 2.47. The van der Waals surface area contributed by atoms with E-state index >= 15 is 0 Å². The minimum atomic E-state index is 0.242. The minimum Gasteiger partial charge on any atom is -0.396 e. The van der Waals surface area contributed by atoms with Gasteiger partial charge in [-0.15, -0.1) is 10.2 Å². The molecule has 1 aromatic heterocycles. The first kappa shape index (κ1) is 10.5. The summed E-state index contributed by atoms with van der Waals surface area (Å²) in [6.07, 6.45) is 0.806. The Morgan fingerprint density at radius 3 is 2.85 bits per heavy atom. The lowest BCUT2D eigenvalue weighted by Gasteiger charge is -2.03. The van der Waals surface area contributed by atoms with Crippen LogP contribution in [0.25, 0.3) is 0 Å². The smallest absolute Gasteiger partial charge is 0.191 e. The van der Waals surface area contributed by atoms with Crippen molar-refractivity contribution in [3.05, 3.63) is 5.82 Å². The van der Waals surface area contributed by atoms with E-state index in [1.807, 2.05) is 6.92 Å². The number of aromatic nitrogens is 3. The first-order valence-electron chi connectivity index (χ1n) is 4.43. The molecule has 0 bridgehead atoms. The molecular weight excluding hydrogens is 186 g/mol. The fraction of sp³-hybridized carbons (Fsp3) is 0.750. The second kappa shape index (κ2) is 5.24. The normalized spacial score (nSPS) is 10.7. The van der Waals surface area contributed by atoms with Crippen LogP contribution in [0.1, 0.15) is 19.2 Å². The lowest BCUT2D eigenvalue weighted by Crippen LogP contribution is -1.99. The number of hydrogen-bond donors (Lipinski definition) is 1. The van der Waals surface area contributed by atoms with E-state index in [9.17, 15) is 0 Å². The Kier molecular flexibility index (Phi) is 4.24. The number of hydrogen-bond acceptors (Lipinski definition) is 4. The van der Waals surface area contributed by atoms with E-state index in [4.69, 9.17) is 5.11 Å². The van der Waals surface area contributed by atoms with E-state index in [1.54, 1.807) is 11.8 Å². The van der Waals surface area contributed by atoms with Gasteiger partial charge in [0.1, 0.15) is 5.82 Å². The summed E-state index contributed by atoms with van der Waals surface area (Å²) in [6, 6.07) is 0. The third-order valence-electron chi connectivity index (χ3n) is 1.75. The van der Waals surface area contributed by atoms with E-state index in [1.165, 1.54) is 0 Å². The Morgan fingerprint density at radius 2 is 2.23 bits per heavy atom. The zero-order valence-electron chi connectivity index (χ0n) is 8.03. The lowest BCUT2D eigenvalue weighted by atomic mass is 10.5. The first-order chi connectivity index (χ1) is 6.29. The quantitative estimate of drug-likeness (QED) is 0.572. The SMILES string of the molecule is CCn1c(C)nnc1SCCCO. The Hall–Kier alpha value is -0.550. The standard InChI is InChI=1S/C8H15N3OS/c1-3-11-7(2)9-10-8(11)13-6-4-5-12/h12H,3-6H2,1-2H3. The fourth-order valence-corrected chi connectivity index (χ4v) is 2.03. The van der Waals surface area contributed by atoms with E-state index in [-0.39, 0.29) is 6.61 Å². The van der Waals surface area contributed by atoms with Gasteiger partial charge in [-0.2, -0.15) is 0 Å². The van der Waals surface area contributed by atoms with Crippen molar-refractivity contribution in [1.29, 1.82) is 0 Å². The monoisotopic (exact) mass is 201 g/mol. The summed E-state index contributed by atoms with van der Waals surface area (Å²) in [7, 11) is 0. The molecule has 0 amide bonds. The summed E-state index contributed by atoms with van der Waals surface area (Å²) in [5, 5.41) is 17.6. The zero-order chi connectivity index (χ0) is 9.68. The molecule has 0 unspecified atom stereocenters. The van der Waals surface area contributed by atoms with Crippen LogP contribution in [0.4, 0.5) is 0 Å². The van der Waals surface area contributed by atoms with Crippen molar-refractivity contribution in [1.82, 2.24) is 14.8 Å². The predicted molar refractivity (Wildman–Crippen MR) is 52.9 cm³/mol. The molecule has 0 saturated heterocycles. The molecular formula is C8H15N3OS. The van der Waals surface area contributed by atoms with Crippen LogP contribution in [0.5, 0.6) is 0 Å². The van der Waals surface area contributed by atoms with Crippen molar-refractivity contribution in [2.75, 3.05) is 12.4 Å². The van der Waals surface area contributed by atoms with E-state index in [0.29, 0.717) is 0 Å². The molecule has 1 aromatic rings. The van der Waals surface area contributed by atoms with Crippen LogP contribution in [0, 0.1) is 6.92 Å². The van der Waals surface area contributed by atoms with Gasteiger partial charge in [0.2, 0.25) is 0 Å². The molecule has 5 heteroatoms. The zero-order valence-corrected chi connectivity index (χ0v) is 8.84. The van der Waals surface area contributed by atoms with Gasteiger partial charge in [-0.3, -0.25) is 0 Å². The number of rotatable bonds is 5. The summed E-state index contributed by atoms with van der Waals surface area (Å²) >= 11 is 1.65. The van der Waals surface area contributed by atoms with Gasteiger partial charge in [0, 0.05) is 18.9 Å². The Balaban J connectivity index is 2.55. The fourth-order valence-electron chi connectivity index (χ4n) is 1.06. The van der Waals surface area contributed by atoms with Crippen LogP contribution >= 0.6 is 11.8 Å². The molecule has 0 fully saturated rings. The predicted octanol–water partition coefficient (Wildman–Crippen LogP) is 1.08. The van der Waals surface area contributed by atoms with Gasteiger partial charge in [-0.1, -0.05) is 11.8 Å². The van der Waals surface area contributed by atoms with Crippen LogP contribution in [-0.2, 0) is 6.54 Å². The van der Waals surface area contributed by atoms with Crippen molar-refractivity contribution in [2.45, 2.75) is 32.0 Å². The van der Waals surface area contributed by atoms with Crippen molar-refractivity contribution in [3.8, 4) is 0 Å². The summed E-state index contributed by atoms with van der Waals surface area (Å²) in [4.78, 5) is 0. The highest BCUT2D eigenvalue weighted by atomic mass is 32.2. The topological polar surface area (TPSA) is 50.9 Å². The summed E-state index contributed by atoms with van der Waals surface area (Å²) in [5.41, 5.74) is 0. The highest BCUT2D eigenvalue weighted by Gasteiger charge is 2.06. The molecule has 1 heterocycles. The molecule has 74 valence electrons. The van der Waals surface area contributed by atoms with Crippen molar-refractivity contribution in [3.63, 3.8) is 0 Å². The van der Waals surface area contributed by atoms with Crippen molar-refractivity contribution in [2.24, 2.45) is 0 Å². The number of thioether (sulfide) groups is 1. The molecule has 0 spiro atoms. The molecule has 0 saturated carbocycles. The largest absolute Gasteiger partial charge is 0.396 e. The molecule has 13 heavy (non-hydrogen) atoms. The number of aliphatic hydroxyl groups is 1. The molecule has 4 nitrogen and oxygen atoms in total. The second-order valence-corrected chi connectivity index (χ2v) is 3.76. The second-order valence-electron chi connectivity index (χ2n) is 2.70. The summed E-state index contributed by atoms with van der Waals surface area (Å²) < 4.78 is 2.07. The van der Waals surface area contributed by atoms with Crippen LogP contribution in [0.2, 0.25) is 0 Å². The van der Waals surface area contributed by atoms with Gasteiger partial charge in [0.05, 0.1) is 0 Å². The van der Waals surface area contributed by atoms with Crippen LogP contribution in [0.3, 0.4) is 0 Å². The molecule has 0 aromatic carbocycles. The van der Waals surface area contributed by atoms with Gasteiger partial charge >= 0.3 is 0 Å². The number of aryl methyl sites for hydroxylation is 1. The minimum absolute atomic E-state index is 0.242. The van der Waals surface area contributed by atoms with E-state index < -0.39 is 0 Å². The lowest BCUT2D eigenvalue weighted by molar-refractivity contribution is 0.296. The Bertz CT molecular complexity index is 262. The highest BCUT2D eigenvalue weighted by Crippen LogP contribution is 2.16. The Labute approximate surface area is 82.4 Å². The third-order valence-corrected chi connectivity index (χ3v) is 2.80. The van der Waals surface area contributed by atoms with E-state index in [0.717, 1.165) is 29.7 Å².